The number of nitrogens with zero attached hydrogens (tertiary/aromatic N) is 3. The molecule has 0 aliphatic carbocycles. The standard InChI is InChI=1S/C20H25Cl2N3O6/c1-20(2)24(12-13-29-15-7-5-6-14(21)18(15)22)19(28)25(11-10-23(3)4)31-17(27)9-8-16(26)30-20/h5-9H,10-13H2,1-4H3/b9-8-. The lowest BCUT2D eigenvalue weighted by Gasteiger charge is -2.39. The number of hydroxylamine groups is 2. The van der Waals surface area contributed by atoms with Crippen LogP contribution < -0.4 is 4.74 Å². The first-order valence-corrected chi connectivity index (χ1v) is 10.2. The van der Waals surface area contributed by atoms with Crippen molar-refractivity contribution in [2.75, 3.05) is 40.3 Å². The predicted octanol–water partition coefficient (Wildman–Crippen LogP) is 2.97. The highest BCUT2D eigenvalue weighted by molar-refractivity contribution is 6.42. The second kappa shape index (κ2) is 10.7. The number of cyclic esters (lactones) is 1. The number of urea groups is 1. The van der Waals surface area contributed by atoms with Crippen molar-refractivity contribution in [3.8, 4) is 5.75 Å². The molecule has 0 saturated carbocycles. The Morgan fingerprint density at radius 2 is 1.74 bits per heavy atom. The van der Waals surface area contributed by atoms with E-state index in [0.717, 1.165) is 17.2 Å². The minimum Gasteiger partial charge on any atom is -0.490 e. The number of halogens is 2. The summed E-state index contributed by atoms with van der Waals surface area (Å²) in [5.41, 5.74) is -1.36. The third-order valence-corrected chi connectivity index (χ3v) is 5.04. The number of amides is 2. The molecule has 11 heteroatoms. The Kier molecular flexibility index (Phi) is 8.55. The van der Waals surface area contributed by atoms with Crippen molar-refractivity contribution >= 4 is 41.2 Å². The molecule has 0 saturated heterocycles. The SMILES string of the molecule is CN(C)CCN1OC(=O)/C=C\C(=O)OC(C)(C)N(CCOc2cccc(Cl)c2Cl)C1=O. The molecule has 9 nitrogen and oxygen atoms in total. The van der Waals surface area contributed by atoms with E-state index in [2.05, 4.69) is 0 Å². The van der Waals surface area contributed by atoms with Crippen LogP contribution in [-0.4, -0.2) is 78.9 Å². The van der Waals surface area contributed by atoms with Gasteiger partial charge < -0.3 is 19.2 Å². The highest BCUT2D eigenvalue weighted by Crippen LogP contribution is 2.31. The van der Waals surface area contributed by atoms with Crippen LogP contribution in [-0.2, 0) is 19.2 Å². The molecule has 1 aromatic carbocycles. The van der Waals surface area contributed by atoms with Crippen molar-refractivity contribution in [1.29, 1.82) is 0 Å². The molecule has 0 aromatic heterocycles. The maximum atomic E-state index is 13.2. The molecule has 0 spiro atoms. The van der Waals surface area contributed by atoms with E-state index >= 15 is 0 Å². The summed E-state index contributed by atoms with van der Waals surface area (Å²) in [7, 11) is 3.64. The molecule has 1 aliphatic rings. The lowest BCUT2D eigenvalue weighted by molar-refractivity contribution is -0.187. The Morgan fingerprint density at radius 1 is 1.06 bits per heavy atom. The van der Waals surface area contributed by atoms with Crippen LogP contribution in [0.15, 0.2) is 30.4 Å². The Labute approximate surface area is 191 Å². The molecule has 31 heavy (non-hydrogen) atoms. The summed E-state index contributed by atoms with van der Waals surface area (Å²) < 4.78 is 11.1. The fourth-order valence-corrected chi connectivity index (χ4v) is 3.00. The molecule has 0 radical (unpaired) electrons. The van der Waals surface area contributed by atoms with Crippen LogP contribution in [0.1, 0.15) is 13.8 Å². The van der Waals surface area contributed by atoms with Gasteiger partial charge in [-0.25, -0.2) is 14.4 Å². The van der Waals surface area contributed by atoms with Gasteiger partial charge in [0.05, 0.1) is 18.1 Å². The van der Waals surface area contributed by atoms with E-state index in [-0.39, 0.29) is 24.7 Å². The monoisotopic (exact) mass is 473 g/mol. The number of esters is 1. The van der Waals surface area contributed by atoms with Gasteiger partial charge in [-0.1, -0.05) is 29.3 Å². The molecule has 2 rings (SSSR count). The molecule has 1 aliphatic heterocycles. The number of ether oxygens (including phenoxy) is 2. The summed E-state index contributed by atoms with van der Waals surface area (Å²) in [5.74, 6) is -1.32. The van der Waals surface area contributed by atoms with E-state index in [1.807, 2.05) is 19.0 Å². The Hall–Kier alpha value is -2.49. The van der Waals surface area contributed by atoms with Gasteiger partial charge in [0.25, 0.3) is 0 Å². The van der Waals surface area contributed by atoms with Crippen molar-refractivity contribution in [1.82, 2.24) is 14.9 Å². The Balaban J connectivity index is 2.25. The molecule has 0 unspecified atom stereocenters. The molecule has 0 bridgehead atoms. The maximum absolute atomic E-state index is 13.2. The van der Waals surface area contributed by atoms with Crippen LogP contribution in [0.5, 0.6) is 5.75 Å². The topological polar surface area (TPSA) is 88.6 Å². The highest BCUT2D eigenvalue weighted by atomic mass is 35.5. The third kappa shape index (κ3) is 7.02. The molecule has 170 valence electrons. The first-order chi connectivity index (χ1) is 14.5. The molecular weight excluding hydrogens is 449 g/mol. The van der Waals surface area contributed by atoms with Crippen LogP contribution in [0.25, 0.3) is 0 Å². The average Bonchev–Trinajstić information content (AvgIpc) is 2.68. The van der Waals surface area contributed by atoms with E-state index in [1.54, 1.807) is 32.0 Å². The van der Waals surface area contributed by atoms with Gasteiger partial charge in [0, 0.05) is 18.7 Å². The number of rotatable bonds is 7. The van der Waals surface area contributed by atoms with E-state index in [4.69, 9.17) is 37.5 Å². The quantitative estimate of drug-likeness (QED) is 0.562. The van der Waals surface area contributed by atoms with Crippen LogP contribution >= 0.6 is 23.2 Å². The molecule has 0 N–H and O–H groups in total. The van der Waals surface area contributed by atoms with Crippen LogP contribution in [0, 0.1) is 0 Å². The highest BCUT2D eigenvalue weighted by Gasteiger charge is 2.38. The van der Waals surface area contributed by atoms with Gasteiger partial charge in [-0.15, -0.1) is 0 Å². The normalized spacial score (nSPS) is 18.0. The van der Waals surface area contributed by atoms with Crippen LogP contribution in [0.4, 0.5) is 4.79 Å². The van der Waals surface area contributed by atoms with Gasteiger partial charge in [-0.3, -0.25) is 4.90 Å². The third-order valence-electron chi connectivity index (χ3n) is 4.24. The molecule has 1 heterocycles. The molecule has 1 aromatic rings. The van der Waals surface area contributed by atoms with Crippen molar-refractivity contribution in [3.63, 3.8) is 0 Å². The van der Waals surface area contributed by atoms with Crippen LogP contribution in [0.2, 0.25) is 10.0 Å². The summed E-state index contributed by atoms with van der Waals surface area (Å²) in [4.78, 5) is 45.5. The van der Waals surface area contributed by atoms with Crippen molar-refractivity contribution < 1.29 is 28.7 Å². The van der Waals surface area contributed by atoms with Gasteiger partial charge >= 0.3 is 18.0 Å². The fraction of sp³-hybridized carbons (Fsp3) is 0.450. The van der Waals surface area contributed by atoms with Gasteiger partial charge in [0.15, 0.2) is 5.72 Å². The summed E-state index contributed by atoms with van der Waals surface area (Å²) in [6, 6.07) is 4.28. The van der Waals surface area contributed by atoms with Crippen molar-refractivity contribution in [2.24, 2.45) is 0 Å². The summed E-state index contributed by atoms with van der Waals surface area (Å²) in [6.45, 7) is 3.66. The second-order valence-corrected chi connectivity index (χ2v) is 8.14. The van der Waals surface area contributed by atoms with Gasteiger partial charge in [0.2, 0.25) is 0 Å². The number of hydrogen-bond acceptors (Lipinski definition) is 7. The Bertz CT molecular complexity index is 859. The summed E-state index contributed by atoms with van der Waals surface area (Å²) in [6.07, 6.45) is 1.86. The van der Waals surface area contributed by atoms with Crippen LogP contribution in [0.3, 0.4) is 0 Å². The first kappa shape index (κ1) is 24.8. The lowest BCUT2D eigenvalue weighted by atomic mass is 10.2. The maximum Gasteiger partial charge on any atom is 0.356 e. The average molecular weight is 474 g/mol. The number of likely N-dealkylation sites (N-methyl/N-ethyl adjacent to an activating group) is 1. The van der Waals surface area contributed by atoms with Gasteiger partial charge in [-0.05, 0) is 40.1 Å². The second-order valence-electron chi connectivity index (χ2n) is 7.35. The Morgan fingerprint density at radius 3 is 2.42 bits per heavy atom. The number of hydrogen-bond donors (Lipinski definition) is 0. The fourth-order valence-electron chi connectivity index (χ4n) is 2.65. The lowest BCUT2D eigenvalue weighted by Crippen LogP contribution is -2.57. The molecule has 2 amide bonds. The van der Waals surface area contributed by atoms with E-state index < -0.39 is 23.7 Å². The van der Waals surface area contributed by atoms with E-state index in [9.17, 15) is 14.4 Å². The number of benzene rings is 1. The van der Waals surface area contributed by atoms with E-state index in [1.165, 1.54) is 4.90 Å². The van der Waals surface area contributed by atoms with Crippen molar-refractivity contribution in [2.45, 2.75) is 19.6 Å². The largest absolute Gasteiger partial charge is 0.490 e. The summed E-state index contributed by atoms with van der Waals surface area (Å²) in [5, 5.41) is 1.51. The minimum absolute atomic E-state index is 0.00167. The number of carbonyl (C=O) groups excluding carboxylic acids is 3. The zero-order valence-corrected chi connectivity index (χ0v) is 19.3. The predicted molar refractivity (Wildman–Crippen MR) is 115 cm³/mol. The molecule has 0 fully saturated rings. The zero-order chi connectivity index (χ0) is 23.2. The number of carbonyl (C=O) groups is 3. The van der Waals surface area contributed by atoms with Gasteiger partial charge in [-0.2, -0.15) is 5.06 Å². The van der Waals surface area contributed by atoms with Gasteiger partial charge in [0.1, 0.15) is 17.4 Å². The summed E-state index contributed by atoms with van der Waals surface area (Å²) >= 11 is 12.1. The van der Waals surface area contributed by atoms with E-state index in [0.29, 0.717) is 17.3 Å². The molecular formula is C20H25Cl2N3O6. The molecule has 0 atom stereocenters. The minimum atomic E-state index is -1.36. The van der Waals surface area contributed by atoms with Crippen molar-refractivity contribution in [3.05, 3.63) is 40.4 Å². The first-order valence-electron chi connectivity index (χ1n) is 9.45. The smallest absolute Gasteiger partial charge is 0.356 e. The zero-order valence-electron chi connectivity index (χ0n) is 17.8.